The van der Waals surface area contributed by atoms with E-state index < -0.39 is 17.9 Å². The summed E-state index contributed by atoms with van der Waals surface area (Å²) >= 11 is 7.65. The molecule has 0 aliphatic heterocycles. The molecule has 0 saturated carbocycles. The number of hydrogen-bond donors (Lipinski definition) is 2. The van der Waals surface area contributed by atoms with Crippen LogP contribution in [-0.4, -0.2) is 22.1 Å². The largest absolute Gasteiger partial charge is 0.368 e. The molecule has 6 nitrogen and oxygen atoms in total. The highest BCUT2D eigenvalue weighted by Crippen LogP contribution is 2.32. The van der Waals surface area contributed by atoms with Gasteiger partial charge in [0.1, 0.15) is 5.01 Å². The summed E-state index contributed by atoms with van der Waals surface area (Å²) in [6.45, 7) is 0. The van der Waals surface area contributed by atoms with E-state index in [1.165, 1.54) is 11.3 Å². The Labute approximate surface area is 165 Å². The standard InChI is InChI=1S/C19H17ClN2O4S/c20-15-9-5-4-8-14(15)18-21-13(11-27-18)10-16(23)22-17(19(24)26-25)12-6-2-1-3-7-12/h1-3,5-7,9,11,17,25H,4,8,10H2,(H,22,23)/t17-/m1/s1. The fraction of sp³-hybridized carbons (Fsp3) is 0.211. The summed E-state index contributed by atoms with van der Waals surface area (Å²) in [6, 6.07) is 7.46. The Kier molecular flexibility index (Phi) is 6.39. The zero-order valence-corrected chi connectivity index (χ0v) is 15.8. The number of benzene rings is 1. The topological polar surface area (TPSA) is 88.5 Å². The molecule has 27 heavy (non-hydrogen) atoms. The summed E-state index contributed by atoms with van der Waals surface area (Å²) in [7, 11) is 0. The van der Waals surface area contributed by atoms with Crippen LogP contribution in [0.15, 0.2) is 52.9 Å². The molecule has 1 aliphatic carbocycles. The van der Waals surface area contributed by atoms with E-state index in [4.69, 9.17) is 16.9 Å². The van der Waals surface area contributed by atoms with Gasteiger partial charge in [0.25, 0.3) is 0 Å². The molecule has 0 bridgehead atoms. The lowest BCUT2D eigenvalue weighted by Crippen LogP contribution is -2.35. The molecule has 0 fully saturated rings. The van der Waals surface area contributed by atoms with Gasteiger partial charge in [0, 0.05) is 16.0 Å². The van der Waals surface area contributed by atoms with Gasteiger partial charge in [-0.05, 0) is 24.5 Å². The number of rotatable bonds is 6. The first-order valence-corrected chi connectivity index (χ1v) is 9.53. The summed E-state index contributed by atoms with van der Waals surface area (Å²) in [5.74, 6) is -1.37. The van der Waals surface area contributed by atoms with Crippen molar-refractivity contribution in [1.29, 1.82) is 0 Å². The number of carbonyl (C=O) groups is 2. The summed E-state index contributed by atoms with van der Waals surface area (Å²) in [6.07, 6.45) is 5.59. The number of halogens is 1. The van der Waals surface area contributed by atoms with Crippen molar-refractivity contribution in [2.75, 3.05) is 0 Å². The highest BCUT2D eigenvalue weighted by atomic mass is 35.5. The van der Waals surface area contributed by atoms with Gasteiger partial charge >= 0.3 is 5.97 Å². The third-order valence-electron chi connectivity index (χ3n) is 4.03. The van der Waals surface area contributed by atoms with Crippen molar-refractivity contribution in [3.63, 3.8) is 0 Å². The zero-order valence-electron chi connectivity index (χ0n) is 14.2. The maximum Gasteiger partial charge on any atom is 0.368 e. The maximum atomic E-state index is 12.4. The van der Waals surface area contributed by atoms with Crippen molar-refractivity contribution in [2.45, 2.75) is 25.3 Å². The molecule has 2 N–H and O–H groups in total. The van der Waals surface area contributed by atoms with Crippen molar-refractivity contribution >= 4 is 40.4 Å². The predicted molar refractivity (Wildman–Crippen MR) is 103 cm³/mol. The van der Waals surface area contributed by atoms with Gasteiger partial charge in [0.15, 0.2) is 6.04 Å². The molecule has 0 saturated heterocycles. The number of nitrogens with zero attached hydrogens (tertiary/aromatic N) is 1. The molecule has 1 heterocycles. The number of thiazole rings is 1. The number of aromatic nitrogens is 1. The van der Waals surface area contributed by atoms with E-state index in [0.29, 0.717) is 16.3 Å². The third-order valence-corrected chi connectivity index (χ3v) is 5.33. The Hall–Kier alpha value is -2.48. The Morgan fingerprint density at radius 2 is 2.11 bits per heavy atom. The van der Waals surface area contributed by atoms with E-state index in [0.717, 1.165) is 23.4 Å². The average molecular weight is 405 g/mol. The number of amides is 1. The maximum absolute atomic E-state index is 12.4. The molecule has 0 radical (unpaired) electrons. The summed E-state index contributed by atoms with van der Waals surface area (Å²) in [5, 5.41) is 14.5. The van der Waals surface area contributed by atoms with Crippen LogP contribution in [0.25, 0.3) is 5.57 Å². The minimum Gasteiger partial charge on any atom is -0.339 e. The lowest BCUT2D eigenvalue weighted by Gasteiger charge is -2.15. The molecule has 8 heteroatoms. The van der Waals surface area contributed by atoms with Gasteiger partial charge in [0.2, 0.25) is 5.91 Å². The van der Waals surface area contributed by atoms with Crippen LogP contribution in [0.3, 0.4) is 0 Å². The smallest absolute Gasteiger partial charge is 0.339 e. The summed E-state index contributed by atoms with van der Waals surface area (Å²) < 4.78 is 0. The quantitative estimate of drug-likeness (QED) is 0.563. The monoisotopic (exact) mass is 404 g/mol. The number of allylic oxidation sites excluding steroid dienone is 4. The van der Waals surface area contributed by atoms with Crippen molar-refractivity contribution in [1.82, 2.24) is 10.3 Å². The first kappa shape index (κ1) is 19.3. The minimum absolute atomic E-state index is 0.000714. The van der Waals surface area contributed by atoms with Gasteiger partial charge in [-0.2, -0.15) is 5.26 Å². The SMILES string of the molecule is O=C(Cc1csc(C2=C(Cl)C=CCC2)n1)N[C@@H](C(=O)OO)c1ccccc1. The van der Waals surface area contributed by atoms with Crippen molar-refractivity contribution in [3.8, 4) is 0 Å². The molecule has 0 spiro atoms. The minimum atomic E-state index is -1.09. The Morgan fingerprint density at radius 3 is 2.81 bits per heavy atom. The highest BCUT2D eigenvalue weighted by molar-refractivity contribution is 7.10. The second-order valence-electron chi connectivity index (χ2n) is 5.91. The Morgan fingerprint density at radius 1 is 1.33 bits per heavy atom. The van der Waals surface area contributed by atoms with Gasteiger partial charge in [-0.3, -0.25) is 9.68 Å². The van der Waals surface area contributed by atoms with Crippen molar-refractivity contribution in [3.05, 3.63) is 69.2 Å². The molecular formula is C19H17ClN2O4S. The lowest BCUT2D eigenvalue weighted by molar-refractivity contribution is -0.236. The number of hydrogen-bond acceptors (Lipinski definition) is 6. The molecule has 1 aromatic carbocycles. The number of carbonyl (C=O) groups excluding carboxylic acids is 2. The molecule has 2 aromatic rings. The summed E-state index contributed by atoms with van der Waals surface area (Å²) in [4.78, 5) is 32.5. The van der Waals surface area contributed by atoms with E-state index >= 15 is 0 Å². The predicted octanol–water partition coefficient (Wildman–Crippen LogP) is 3.86. The van der Waals surface area contributed by atoms with Gasteiger partial charge in [-0.25, -0.2) is 9.78 Å². The van der Waals surface area contributed by atoms with Gasteiger partial charge < -0.3 is 5.32 Å². The van der Waals surface area contributed by atoms with Crippen molar-refractivity contribution < 1.29 is 19.7 Å². The van der Waals surface area contributed by atoms with E-state index in [1.54, 1.807) is 35.7 Å². The second kappa shape index (κ2) is 8.94. The zero-order chi connectivity index (χ0) is 19.2. The van der Waals surface area contributed by atoms with Gasteiger partial charge in [-0.15, -0.1) is 11.3 Å². The number of nitrogens with one attached hydrogen (secondary N) is 1. The highest BCUT2D eigenvalue weighted by Gasteiger charge is 2.25. The van der Waals surface area contributed by atoms with Gasteiger partial charge in [-0.1, -0.05) is 48.0 Å². The molecule has 1 aromatic heterocycles. The molecular weight excluding hydrogens is 388 g/mol. The average Bonchev–Trinajstić information content (AvgIpc) is 3.14. The van der Waals surface area contributed by atoms with Crippen LogP contribution in [0.4, 0.5) is 0 Å². The van der Waals surface area contributed by atoms with Crippen LogP contribution in [0.1, 0.15) is 35.1 Å². The first-order chi connectivity index (χ1) is 13.1. The van der Waals surface area contributed by atoms with E-state index in [2.05, 4.69) is 15.2 Å². The van der Waals surface area contributed by atoms with E-state index in [1.807, 2.05) is 12.2 Å². The summed E-state index contributed by atoms with van der Waals surface area (Å²) in [5.41, 5.74) is 2.07. The van der Waals surface area contributed by atoms with E-state index in [-0.39, 0.29) is 6.42 Å². The third kappa shape index (κ3) is 4.82. The molecule has 0 unspecified atom stereocenters. The molecule has 1 atom stereocenters. The van der Waals surface area contributed by atoms with Crippen LogP contribution >= 0.6 is 22.9 Å². The van der Waals surface area contributed by atoms with E-state index in [9.17, 15) is 9.59 Å². The van der Waals surface area contributed by atoms with Crippen LogP contribution in [0.2, 0.25) is 0 Å². The van der Waals surface area contributed by atoms with Crippen LogP contribution in [0.5, 0.6) is 0 Å². The Bertz CT molecular complexity index is 892. The van der Waals surface area contributed by atoms with Gasteiger partial charge in [0.05, 0.1) is 12.1 Å². The van der Waals surface area contributed by atoms with Crippen LogP contribution in [0, 0.1) is 0 Å². The fourth-order valence-corrected chi connectivity index (χ4v) is 3.96. The molecule has 140 valence electrons. The fourth-order valence-electron chi connectivity index (χ4n) is 2.72. The molecule has 3 rings (SSSR count). The normalized spacial score (nSPS) is 14.7. The second-order valence-corrected chi connectivity index (χ2v) is 7.18. The van der Waals surface area contributed by atoms with Crippen molar-refractivity contribution in [2.24, 2.45) is 0 Å². The van der Waals surface area contributed by atoms with Crippen LogP contribution in [-0.2, 0) is 20.9 Å². The van der Waals surface area contributed by atoms with Crippen LogP contribution < -0.4 is 5.32 Å². The molecule has 1 amide bonds. The first-order valence-electron chi connectivity index (χ1n) is 8.28. The Balaban J connectivity index is 1.70. The lowest BCUT2D eigenvalue weighted by atomic mass is 10.1. The molecule has 1 aliphatic rings.